The minimum absolute atomic E-state index is 0.0155. The summed E-state index contributed by atoms with van der Waals surface area (Å²) in [6.07, 6.45) is 0.754. The van der Waals surface area contributed by atoms with E-state index in [0.29, 0.717) is 0 Å². The second kappa shape index (κ2) is 6.35. The lowest BCUT2D eigenvalue weighted by molar-refractivity contribution is -0.134. The average molecular weight is 292 g/mol. The molecule has 0 saturated heterocycles. The highest BCUT2D eigenvalue weighted by Crippen LogP contribution is 2.32. The van der Waals surface area contributed by atoms with E-state index in [2.05, 4.69) is 0 Å². The Morgan fingerprint density at radius 2 is 1.95 bits per heavy atom. The molecule has 0 aliphatic carbocycles. The SMILES string of the molecule is CC(C)[C@H](N)C(=O)N(C)C(C)Cc1ccc2c(c1)OCO2. The third-order valence-electron chi connectivity index (χ3n) is 3.98. The number of amides is 1. The van der Waals surface area contributed by atoms with Crippen LogP contribution in [0.3, 0.4) is 0 Å². The first-order valence-corrected chi connectivity index (χ1v) is 7.31. The zero-order valence-electron chi connectivity index (χ0n) is 13.1. The molecule has 1 heterocycles. The largest absolute Gasteiger partial charge is 0.454 e. The van der Waals surface area contributed by atoms with Gasteiger partial charge in [0.1, 0.15) is 0 Å². The molecule has 0 fully saturated rings. The van der Waals surface area contributed by atoms with Crippen molar-refractivity contribution in [3.8, 4) is 11.5 Å². The molecule has 1 amide bonds. The Bertz CT molecular complexity index is 516. The predicted molar refractivity (Wildman–Crippen MR) is 81.3 cm³/mol. The topological polar surface area (TPSA) is 64.8 Å². The standard InChI is InChI=1S/C16H24N2O3/c1-10(2)15(17)16(19)18(4)11(3)7-12-5-6-13-14(8-12)21-9-20-13/h5-6,8,10-11,15H,7,9,17H2,1-4H3/t11?,15-/m0/s1. The van der Waals surface area contributed by atoms with E-state index >= 15 is 0 Å². The van der Waals surface area contributed by atoms with Crippen molar-refractivity contribution >= 4 is 5.91 Å². The summed E-state index contributed by atoms with van der Waals surface area (Å²) in [5.41, 5.74) is 7.05. The maximum atomic E-state index is 12.3. The lowest BCUT2D eigenvalue weighted by atomic mass is 10.0. The van der Waals surface area contributed by atoms with E-state index in [0.717, 1.165) is 23.5 Å². The van der Waals surface area contributed by atoms with Crippen molar-refractivity contribution in [1.29, 1.82) is 0 Å². The number of carbonyl (C=O) groups excluding carboxylic acids is 1. The summed E-state index contributed by atoms with van der Waals surface area (Å²) in [6.45, 7) is 6.21. The van der Waals surface area contributed by atoms with Crippen LogP contribution in [0.4, 0.5) is 0 Å². The highest BCUT2D eigenvalue weighted by Gasteiger charge is 2.24. The predicted octanol–water partition coefficient (Wildman–Crippen LogP) is 1.79. The molecule has 0 spiro atoms. The number of carbonyl (C=O) groups is 1. The highest BCUT2D eigenvalue weighted by atomic mass is 16.7. The van der Waals surface area contributed by atoms with Crippen LogP contribution >= 0.6 is 0 Å². The van der Waals surface area contributed by atoms with E-state index in [9.17, 15) is 4.79 Å². The summed E-state index contributed by atoms with van der Waals surface area (Å²) >= 11 is 0. The maximum Gasteiger partial charge on any atom is 0.239 e. The zero-order valence-corrected chi connectivity index (χ0v) is 13.1. The number of hydrogen-bond donors (Lipinski definition) is 1. The second-order valence-corrected chi connectivity index (χ2v) is 5.96. The first-order valence-electron chi connectivity index (χ1n) is 7.31. The molecule has 5 nitrogen and oxygen atoms in total. The van der Waals surface area contributed by atoms with Gasteiger partial charge in [-0.2, -0.15) is 0 Å². The molecule has 116 valence electrons. The Balaban J connectivity index is 2.00. The van der Waals surface area contributed by atoms with Crippen LogP contribution in [0.1, 0.15) is 26.3 Å². The summed E-state index contributed by atoms with van der Waals surface area (Å²) in [6, 6.07) is 5.51. The van der Waals surface area contributed by atoms with Gasteiger partial charge >= 0.3 is 0 Å². The fraction of sp³-hybridized carbons (Fsp3) is 0.562. The van der Waals surface area contributed by atoms with Crippen LogP contribution in [-0.2, 0) is 11.2 Å². The third kappa shape index (κ3) is 3.47. The minimum Gasteiger partial charge on any atom is -0.454 e. The number of nitrogens with zero attached hydrogens (tertiary/aromatic N) is 1. The van der Waals surface area contributed by atoms with Crippen LogP contribution in [0.5, 0.6) is 11.5 Å². The van der Waals surface area contributed by atoms with Gasteiger partial charge in [-0.3, -0.25) is 4.79 Å². The summed E-state index contributed by atoms with van der Waals surface area (Å²) in [5, 5.41) is 0. The smallest absolute Gasteiger partial charge is 0.239 e. The van der Waals surface area contributed by atoms with Gasteiger partial charge in [0.2, 0.25) is 12.7 Å². The molecule has 0 radical (unpaired) electrons. The molecular weight excluding hydrogens is 268 g/mol. The first kappa shape index (κ1) is 15.6. The Morgan fingerprint density at radius 1 is 1.29 bits per heavy atom. The number of ether oxygens (including phenoxy) is 2. The summed E-state index contributed by atoms with van der Waals surface area (Å²) < 4.78 is 10.7. The number of hydrogen-bond acceptors (Lipinski definition) is 4. The van der Waals surface area contributed by atoms with Crippen molar-refractivity contribution in [2.45, 2.75) is 39.3 Å². The van der Waals surface area contributed by atoms with E-state index < -0.39 is 6.04 Å². The molecule has 2 N–H and O–H groups in total. The van der Waals surface area contributed by atoms with Crippen LogP contribution in [-0.4, -0.2) is 36.7 Å². The number of likely N-dealkylation sites (N-methyl/N-ethyl adjacent to an activating group) is 1. The molecule has 0 saturated carbocycles. The van der Waals surface area contributed by atoms with E-state index in [-0.39, 0.29) is 24.7 Å². The van der Waals surface area contributed by atoms with Crippen LogP contribution in [0.2, 0.25) is 0 Å². The van der Waals surface area contributed by atoms with Crippen LogP contribution < -0.4 is 15.2 Å². The molecular formula is C16H24N2O3. The van der Waals surface area contributed by atoms with Crippen molar-refractivity contribution in [1.82, 2.24) is 4.90 Å². The van der Waals surface area contributed by atoms with Crippen LogP contribution in [0.25, 0.3) is 0 Å². The maximum absolute atomic E-state index is 12.3. The molecule has 5 heteroatoms. The van der Waals surface area contributed by atoms with Gasteiger partial charge in [-0.15, -0.1) is 0 Å². The van der Waals surface area contributed by atoms with E-state index in [1.54, 1.807) is 4.90 Å². The van der Waals surface area contributed by atoms with Gasteiger partial charge in [-0.25, -0.2) is 0 Å². The van der Waals surface area contributed by atoms with E-state index in [1.165, 1.54) is 0 Å². The molecule has 1 aliphatic rings. The molecule has 1 aliphatic heterocycles. The molecule has 2 atom stereocenters. The van der Waals surface area contributed by atoms with Gasteiger partial charge < -0.3 is 20.1 Å². The van der Waals surface area contributed by atoms with Gasteiger partial charge in [0.25, 0.3) is 0 Å². The lowest BCUT2D eigenvalue weighted by Crippen LogP contribution is -2.48. The Kier molecular flexibility index (Phi) is 4.73. The van der Waals surface area contributed by atoms with Gasteiger partial charge in [0, 0.05) is 13.1 Å². The van der Waals surface area contributed by atoms with E-state index in [1.807, 2.05) is 46.0 Å². The average Bonchev–Trinajstić information content (AvgIpc) is 2.92. The molecule has 1 aromatic rings. The lowest BCUT2D eigenvalue weighted by Gasteiger charge is -2.29. The van der Waals surface area contributed by atoms with Crippen molar-refractivity contribution in [3.05, 3.63) is 23.8 Å². The molecule has 2 rings (SSSR count). The highest BCUT2D eigenvalue weighted by molar-refractivity contribution is 5.81. The monoisotopic (exact) mass is 292 g/mol. The fourth-order valence-electron chi connectivity index (χ4n) is 2.28. The Hall–Kier alpha value is -1.75. The molecule has 21 heavy (non-hydrogen) atoms. The third-order valence-corrected chi connectivity index (χ3v) is 3.98. The van der Waals surface area contributed by atoms with Crippen LogP contribution in [0.15, 0.2) is 18.2 Å². The molecule has 1 aromatic carbocycles. The number of benzene rings is 1. The number of nitrogens with two attached hydrogens (primary N) is 1. The second-order valence-electron chi connectivity index (χ2n) is 5.96. The summed E-state index contributed by atoms with van der Waals surface area (Å²) in [4.78, 5) is 14.0. The Morgan fingerprint density at radius 3 is 2.62 bits per heavy atom. The minimum atomic E-state index is -0.450. The van der Waals surface area contributed by atoms with Gasteiger partial charge in [-0.1, -0.05) is 19.9 Å². The van der Waals surface area contributed by atoms with Gasteiger partial charge in [-0.05, 0) is 37.0 Å². The van der Waals surface area contributed by atoms with Gasteiger partial charge in [0.15, 0.2) is 11.5 Å². The van der Waals surface area contributed by atoms with Crippen molar-refractivity contribution < 1.29 is 14.3 Å². The summed E-state index contributed by atoms with van der Waals surface area (Å²) in [7, 11) is 1.81. The Labute approximate surface area is 126 Å². The molecule has 0 aromatic heterocycles. The van der Waals surface area contributed by atoms with Crippen molar-refractivity contribution in [3.63, 3.8) is 0 Å². The number of rotatable bonds is 5. The normalized spacial score (nSPS) is 15.9. The van der Waals surface area contributed by atoms with Crippen LogP contribution in [0, 0.1) is 5.92 Å². The zero-order chi connectivity index (χ0) is 15.6. The van der Waals surface area contributed by atoms with Crippen molar-refractivity contribution in [2.75, 3.05) is 13.8 Å². The first-order chi connectivity index (χ1) is 9.90. The molecule has 1 unspecified atom stereocenters. The molecule has 0 bridgehead atoms. The van der Waals surface area contributed by atoms with E-state index in [4.69, 9.17) is 15.2 Å². The summed E-state index contributed by atoms with van der Waals surface area (Å²) in [5.74, 6) is 1.67. The fourth-order valence-corrected chi connectivity index (χ4v) is 2.28. The number of fused-ring (bicyclic) bond motifs is 1. The van der Waals surface area contributed by atoms with Gasteiger partial charge in [0.05, 0.1) is 6.04 Å². The quantitative estimate of drug-likeness (QED) is 0.898. The van der Waals surface area contributed by atoms with Crippen molar-refractivity contribution in [2.24, 2.45) is 11.7 Å².